The van der Waals surface area contributed by atoms with E-state index in [9.17, 15) is 4.39 Å². The smallest absolute Gasteiger partial charge is 0.130 e. The minimum atomic E-state index is -0.140. The fraction of sp³-hybridized carbons (Fsp3) is 0.400. The van der Waals surface area contributed by atoms with Crippen molar-refractivity contribution in [2.24, 2.45) is 0 Å². The van der Waals surface area contributed by atoms with E-state index in [-0.39, 0.29) is 11.7 Å². The van der Waals surface area contributed by atoms with E-state index < -0.39 is 0 Å². The number of halogens is 3. The Hall–Kier alpha value is -0.0800. The monoisotopic (exact) mass is 264 g/mol. The van der Waals surface area contributed by atoms with Gasteiger partial charge in [-0.3, -0.25) is 0 Å². The summed E-state index contributed by atoms with van der Waals surface area (Å²) in [7, 11) is 0. The zero-order chi connectivity index (χ0) is 9.68. The van der Waals surface area contributed by atoms with Crippen molar-refractivity contribution in [2.75, 3.05) is 5.33 Å². The molecule has 0 aromatic heterocycles. The van der Waals surface area contributed by atoms with Gasteiger partial charge in [0.05, 0.1) is 5.88 Å². The van der Waals surface area contributed by atoms with E-state index in [4.69, 9.17) is 11.6 Å². The molecule has 1 aromatic rings. The molecule has 1 aromatic carbocycles. The summed E-state index contributed by atoms with van der Waals surface area (Å²) in [5.41, 5.74) is 1.35. The number of aryl methyl sites for hydroxylation is 1. The summed E-state index contributed by atoms with van der Waals surface area (Å²) >= 11 is 8.91. The van der Waals surface area contributed by atoms with Crippen LogP contribution in [0.4, 0.5) is 4.39 Å². The molecular weight excluding hydrogens is 254 g/mol. The SMILES string of the molecule is Fc1c(CCl)cccc1CCCBr. The van der Waals surface area contributed by atoms with Gasteiger partial charge >= 0.3 is 0 Å². The Morgan fingerprint density at radius 3 is 2.62 bits per heavy atom. The third kappa shape index (κ3) is 2.96. The molecule has 0 spiro atoms. The van der Waals surface area contributed by atoms with E-state index >= 15 is 0 Å². The Morgan fingerprint density at radius 2 is 2.00 bits per heavy atom. The second-order valence-electron chi connectivity index (χ2n) is 2.82. The first-order valence-electron chi connectivity index (χ1n) is 4.17. The van der Waals surface area contributed by atoms with E-state index in [0.717, 1.165) is 23.7 Å². The molecule has 0 saturated carbocycles. The number of hydrogen-bond donors (Lipinski definition) is 0. The molecule has 0 aliphatic heterocycles. The predicted octanol–water partition coefficient (Wildman–Crippen LogP) is 3.89. The largest absolute Gasteiger partial charge is 0.206 e. The summed E-state index contributed by atoms with van der Waals surface area (Å²) in [5.74, 6) is 0.104. The van der Waals surface area contributed by atoms with Crippen LogP contribution in [-0.2, 0) is 12.3 Å². The Kier molecular flexibility index (Phi) is 4.74. The van der Waals surface area contributed by atoms with Crippen molar-refractivity contribution >= 4 is 27.5 Å². The lowest BCUT2D eigenvalue weighted by Crippen LogP contribution is -1.95. The van der Waals surface area contributed by atoms with Gasteiger partial charge < -0.3 is 0 Å². The first-order valence-corrected chi connectivity index (χ1v) is 5.83. The molecule has 0 atom stereocenters. The summed E-state index contributed by atoms with van der Waals surface area (Å²) < 4.78 is 13.5. The minimum Gasteiger partial charge on any atom is -0.206 e. The minimum absolute atomic E-state index is 0.140. The lowest BCUT2D eigenvalue weighted by Gasteiger charge is -2.04. The fourth-order valence-corrected chi connectivity index (χ4v) is 1.67. The highest BCUT2D eigenvalue weighted by molar-refractivity contribution is 9.09. The van der Waals surface area contributed by atoms with Gasteiger partial charge in [0.2, 0.25) is 0 Å². The van der Waals surface area contributed by atoms with Gasteiger partial charge in [0.1, 0.15) is 5.82 Å². The van der Waals surface area contributed by atoms with Crippen LogP contribution in [0.25, 0.3) is 0 Å². The zero-order valence-electron chi connectivity index (χ0n) is 7.19. The molecule has 0 amide bonds. The van der Waals surface area contributed by atoms with Crippen molar-refractivity contribution < 1.29 is 4.39 Å². The van der Waals surface area contributed by atoms with Crippen molar-refractivity contribution in [2.45, 2.75) is 18.7 Å². The van der Waals surface area contributed by atoms with Crippen LogP contribution in [-0.4, -0.2) is 5.33 Å². The summed E-state index contributed by atoms with van der Waals surface area (Å²) in [6, 6.07) is 5.39. The molecule has 3 heteroatoms. The normalized spacial score (nSPS) is 10.4. The first kappa shape index (κ1) is 11.0. The molecule has 0 bridgehead atoms. The van der Waals surface area contributed by atoms with Gasteiger partial charge in [0, 0.05) is 10.9 Å². The maximum atomic E-state index is 13.5. The molecule has 0 aliphatic rings. The van der Waals surface area contributed by atoms with Crippen molar-refractivity contribution in [3.63, 3.8) is 0 Å². The molecule has 0 unspecified atom stereocenters. The molecule has 0 heterocycles. The van der Waals surface area contributed by atoms with Gasteiger partial charge in [-0.1, -0.05) is 34.1 Å². The second-order valence-corrected chi connectivity index (χ2v) is 3.88. The molecule has 0 saturated heterocycles. The second kappa shape index (κ2) is 5.61. The Bertz CT molecular complexity index is 276. The lowest BCUT2D eigenvalue weighted by molar-refractivity contribution is 0.597. The van der Waals surface area contributed by atoms with E-state index in [1.54, 1.807) is 6.07 Å². The lowest BCUT2D eigenvalue weighted by atomic mass is 10.1. The molecule has 13 heavy (non-hydrogen) atoms. The Balaban J connectivity index is 2.81. The molecule has 0 fully saturated rings. The summed E-state index contributed by atoms with van der Waals surface area (Å²) in [6.45, 7) is 0. The van der Waals surface area contributed by atoms with Crippen LogP contribution < -0.4 is 0 Å². The highest BCUT2D eigenvalue weighted by Gasteiger charge is 2.05. The Morgan fingerprint density at radius 1 is 1.31 bits per heavy atom. The van der Waals surface area contributed by atoms with Crippen molar-refractivity contribution in [1.82, 2.24) is 0 Å². The van der Waals surface area contributed by atoms with Gasteiger partial charge in [0.15, 0.2) is 0 Å². The van der Waals surface area contributed by atoms with Crippen LogP contribution in [0.1, 0.15) is 17.5 Å². The standard InChI is InChI=1S/C10H11BrClF/c11-6-2-5-8-3-1-4-9(7-12)10(8)13/h1,3-4H,2,5-7H2. The van der Waals surface area contributed by atoms with E-state index in [0.29, 0.717) is 5.56 Å². The predicted molar refractivity (Wildman–Crippen MR) is 58.1 cm³/mol. The summed E-state index contributed by atoms with van der Waals surface area (Å²) in [6.07, 6.45) is 1.71. The maximum absolute atomic E-state index is 13.5. The average Bonchev–Trinajstić information content (AvgIpc) is 2.16. The maximum Gasteiger partial charge on any atom is 0.130 e. The summed E-state index contributed by atoms with van der Waals surface area (Å²) in [5, 5.41) is 0.900. The van der Waals surface area contributed by atoms with Crippen LogP contribution in [0.5, 0.6) is 0 Å². The number of benzene rings is 1. The quantitative estimate of drug-likeness (QED) is 0.725. The first-order chi connectivity index (χ1) is 6.29. The third-order valence-electron chi connectivity index (χ3n) is 1.88. The number of alkyl halides is 2. The summed E-state index contributed by atoms with van der Waals surface area (Å²) in [4.78, 5) is 0. The Labute approximate surface area is 91.2 Å². The molecule has 0 N–H and O–H groups in total. The van der Waals surface area contributed by atoms with Crippen molar-refractivity contribution in [1.29, 1.82) is 0 Å². The van der Waals surface area contributed by atoms with Gasteiger partial charge in [-0.15, -0.1) is 11.6 Å². The average molecular weight is 266 g/mol. The molecule has 0 aliphatic carbocycles. The van der Waals surface area contributed by atoms with E-state index in [2.05, 4.69) is 15.9 Å². The number of hydrogen-bond acceptors (Lipinski definition) is 0. The van der Waals surface area contributed by atoms with E-state index in [1.807, 2.05) is 12.1 Å². The van der Waals surface area contributed by atoms with Crippen molar-refractivity contribution in [3.8, 4) is 0 Å². The van der Waals surface area contributed by atoms with Crippen LogP contribution in [0.15, 0.2) is 18.2 Å². The fourth-order valence-electron chi connectivity index (χ4n) is 1.19. The molecular formula is C10H11BrClF. The van der Waals surface area contributed by atoms with Crippen molar-refractivity contribution in [3.05, 3.63) is 35.1 Å². The molecule has 0 radical (unpaired) electrons. The third-order valence-corrected chi connectivity index (χ3v) is 2.73. The van der Waals surface area contributed by atoms with Gasteiger partial charge in [-0.2, -0.15) is 0 Å². The van der Waals surface area contributed by atoms with Gasteiger partial charge in [-0.05, 0) is 18.4 Å². The highest BCUT2D eigenvalue weighted by atomic mass is 79.9. The van der Waals surface area contributed by atoms with E-state index in [1.165, 1.54) is 0 Å². The van der Waals surface area contributed by atoms with Gasteiger partial charge in [0.25, 0.3) is 0 Å². The zero-order valence-corrected chi connectivity index (χ0v) is 9.54. The van der Waals surface area contributed by atoms with Crippen LogP contribution >= 0.6 is 27.5 Å². The molecule has 1 rings (SSSR count). The van der Waals surface area contributed by atoms with Gasteiger partial charge in [-0.25, -0.2) is 4.39 Å². The molecule has 0 nitrogen and oxygen atoms in total. The van der Waals surface area contributed by atoms with Crippen LogP contribution in [0.3, 0.4) is 0 Å². The molecule has 72 valence electrons. The number of rotatable bonds is 4. The van der Waals surface area contributed by atoms with Crippen LogP contribution in [0, 0.1) is 5.82 Å². The van der Waals surface area contributed by atoms with Crippen LogP contribution in [0.2, 0.25) is 0 Å². The highest BCUT2D eigenvalue weighted by Crippen LogP contribution is 2.16. The topological polar surface area (TPSA) is 0 Å².